The molecule has 0 saturated carbocycles. The van der Waals surface area contributed by atoms with Crippen molar-refractivity contribution < 1.29 is 4.79 Å². The average molecular weight is 186 g/mol. The van der Waals surface area contributed by atoms with Gasteiger partial charge in [0, 0.05) is 20.1 Å². The van der Waals surface area contributed by atoms with Gasteiger partial charge in [0.2, 0.25) is 5.91 Å². The van der Waals surface area contributed by atoms with Crippen molar-refractivity contribution in [3.8, 4) is 0 Å². The van der Waals surface area contributed by atoms with Gasteiger partial charge in [-0.1, -0.05) is 13.8 Å². The lowest BCUT2D eigenvalue weighted by atomic mass is 9.81. The second-order valence-corrected chi connectivity index (χ2v) is 3.51. The Morgan fingerprint density at radius 1 is 1.31 bits per heavy atom. The Balaban J connectivity index is 4.63. The highest BCUT2D eigenvalue weighted by molar-refractivity contribution is 5.82. The standard InChI is InChI=1S/C10H22N2O/c1-5-10(6-2,8-11)9(13)12(4)7-3/h5-8,11H2,1-4H3. The zero-order valence-electron chi connectivity index (χ0n) is 9.26. The fourth-order valence-corrected chi connectivity index (χ4v) is 1.48. The molecule has 0 atom stereocenters. The van der Waals surface area contributed by atoms with Crippen LogP contribution < -0.4 is 5.73 Å². The van der Waals surface area contributed by atoms with Crippen LogP contribution in [0, 0.1) is 5.41 Å². The Morgan fingerprint density at radius 3 is 2.00 bits per heavy atom. The molecule has 1 amide bonds. The van der Waals surface area contributed by atoms with Crippen LogP contribution in [0.3, 0.4) is 0 Å². The normalized spacial score (nSPS) is 11.5. The van der Waals surface area contributed by atoms with Crippen LogP contribution in [0.5, 0.6) is 0 Å². The fourth-order valence-electron chi connectivity index (χ4n) is 1.48. The molecule has 0 aliphatic carbocycles. The van der Waals surface area contributed by atoms with Gasteiger partial charge in [0.1, 0.15) is 0 Å². The molecule has 13 heavy (non-hydrogen) atoms. The molecule has 0 bridgehead atoms. The van der Waals surface area contributed by atoms with E-state index in [0.29, 0.717) is 6.54 Å². The van der Waals surface area contributed by atoms with Crippen molar-refractivity contribution in [2.45, 2.75) is 33.6 Å². The number of hydrogen-bond donors (Lipinski definition) is 1. The lowest BCUT2D eigenvalue weighted by Gasteiger charge is -2.32. The van der Waals surface area contributed by atoms with Crippen molar-refractivity contribution in [2.75, 3.05) is 20.1 Å². The maximum absolute atomic E-state index is 11.9. The Bertz CT molecular complexity index is 156. The summed E-state index contributed by atoms with van der Waals surface area (Å²) in [4.78, 5) is 13.7. The molecule has 0 saturated heterocycles. The predicted octanol–water partition coefficient (Wildman–Crippen LogP) is 1.23. The summed E-state index contributed by atoms with van der Waals surface area (Å²) in [6.07, 6.45) is 1.65. The van der Waals surface area contributed by atoms with Crippen LogP contribution >= 0.6 is 0 Å². The van der Waals surface area contributed by atoms with E-state index in [1.807, 2.05) is 27.8 Å². The molecule has 78 valence electrons. The third-order valence-corrected chi connectivity index (χ3v) is 3.02. The molecule has 0 aromatic carbocycles. The predicted molar refractivity (Wildman–Crippen MR) is 55.4 cm³/mol. The first-order valence-electron chi connectivity index (χ1n) is 5.03. The van der Waals surface area contributed by atoms with Crippen LogP contribution in [-0.4, -0.2) is 30.9 Å². The van der Waals surface area contributed by atoms with Crippen molar-refractivity contribution in [1.29, 1.82) is 0 Å². The number of carbonyl (C=O) groups excluding carboxylic acids is 1. The topological polar surface area (TPSA) is 46.3 Å². The van der Waals surface area contributed by atoms with Gasteiger partial charge < -0.3 is 10.6 Å². The minimum absolute atomic E-state index is 0.183. The first kappa shape index (κ1) is 12.4. The summed E-state index contributed by atoms with van der Waals surface area (Å²) in [6.45, 7) is 7.23. The smallest absolute Gasteiger partial charge is 0.229 e. The lowest BCUT2D eigenvalue weighted by molar-refractivity contribution is -0.140. The van der Waals surface area contributed by atoms with E-state index in [2.05, 4.69) is 0 Å². The fraction of sp³-hybridized carbons (Fsp3) is 0.900. The Hall–Kier alpha value is -0.570. The van der Waals surface area contributed by atoms with Crippen molar-refractivity contribution >= 4 is 5.91 Å². The summed E-state index contributed by atoms with van der Waals surface area (Å²) in [7, 11) is 1.83. The van der Waals surface area contributed by atoms with Gasteiger partial charge >= 0.3 is 0 Å². The highest BCUT2D eigenvalue weighted by atomic mass is 16.2. The third-order valence-electron chi connectivity index (χ3n) is 3.02. The van der Waals surface area contributed by atoms with E-state index in [-0.39, 0.29) is 11.3 Å². The average Bonchev–Trinajstić information content (AvgIpc) is 2.20. The molecule has 3 heteroatoms. The first-order chi connectivity index (χ1) is 6.07. The van der Waals surface area contributed by atoms with E-state index in [0.717, 1.165) is 19.4 Å². The van der Waals surface area contributed by atoms with Crippen molar-refractivity contribution in [2.24, 2.45) is 11.1 Å². The second kappa shape index (κ2) is 5.22. The molecule has 0 aromatic heterocycles. The van der Waals surface area contributed by atoms with Crippen LogP contribution in [0.4, 0.5) is 0 Å². The SMILES string of the molecule is CCN(C)C(=O)C(CC)(CC)CN. The zero-order valence-corrected chi connectivity index (χ0v) is 9.26. The highest BCUT2D eigenvalue weighted by Gasteiger charge is 2.34. The van der Waals surface area contributed by atoms with Crippen molar-refractivity contribution in [3.05, 3.63) is 0 Å². The van der Waals surface area contributed by atoms with Crippen molar-refractivity contribution in [1.82, 2.24) is 4.90 Å². The van der Waals surface area contributed by atoms with Gasteiger partial charge in [-0.2, -0.15) is 0 Å². The molecule has 0 rings (SSSR count). The minimum Gasteiger partial charge on any atom is -0.346 e. The molecule has 0 heterocycles. The summed E-state index contributed by atoms with van der Waals surface area (Å²) in [5.41, 5.74) is 5.35. The second-order valence-electron chi connectivity index (χ2n) is 3.51. The molecule has 0 fully saturated rings. The van der Waals surface area contributed by atoms with Crippen LogP contribution in [0.25, 0.3) is 0 Å². The van der Waals surface area contributed by atoms with Crippen LogP contribution in [0.1, 0.15) is 33.6 Å². The van der Waals surface area contributed by atoms with Gasteiger partial charge in [-0.25, -0.2) is 0 Å². The summed E-state index contributed by atoms with van der Waals surface area (Å²) in [5.74, 6) is 0.183. The molecule has 2 N–H and O–H groups in total. The third kappa shape index (κ3) is 2.44. The first-order valence-corrected chi connectivity index (χ1v) is 5.03. The summed E-state index contributed by atoms with van der Waals surface area (Å²) in [5, 5.41) is 0. The van der Waals surface area contributed by atoms with Gasteiger partial charge in [-0.3, -0.25) is 4.79 Å². The monoisotopic (exact) mass is 186 g/mol. The number of nitrogens with two attached hydrogens (primary N) is 1. The molecular weight excluding hydrogens is 164 g/mol. The number of rotatable bonds is 5. The molecule has 0 aromatic rings. The molecule has 0 radical (unpaired) electrons. The molecule has 0 spiro atoms. The summed E-state index contributed by atoms with van der Waals surface area (Å²) < 4.78 is 0. The van der Waals surface area contributed by atoms with E-state index in [4.69, 9.17) is 5.73 Å². The van der Waals surface area contributed by atoms with Gasteiger partial charge in [0.25, 0.3) is 0 Å². The minimum atomic E-state index is -0.329. The van der Waals surface area contributed by atoms with E-state index in [1.54, 1.807) is 4.90 Å². The number of nitrogens with zero attached hydrogens (tertiary/aromatic N) is 1. The van der Waals surface area contributed by atoms with Crippen LogP contribution in [0.15, 0.2) is 0 Å². The number of hydrogen-bond acceptors (Lipinski definition) is 2. The largest absolute Gasteiger partial charge is 0.346 e. The van der Waals surface area contributed by atoms with Crippen LogP contribution in [0.2, 0.25) is 0 Å². The van der Waals surface area contributed by atoms with Gasteiger partial charge in [0.15, 0.2) is 0 Å². The van der Waals surface area contributed by atoms with Gasteiger partial charge in [-0.05, 0) is 19.8 Å². The van der Waals surface area contributed by atoms with E-state index in [9.17, 15) is 4.79 Å². The molecule has 0 aliphatic heterocycles. The van der Waals surface area contributed by atoms with Gasteiger partial charge in [-0.15, -0.1) is 0 Å². The lowest BCUT2D eigenvalue weighted by Crippen LogP contribution is -2.45. The van der Waals surface area contributed by atoms with Crippen molar-refractivity contribution in [3.63, 3.8) is 0 Å². The summed E-state index contributed by atoms with van der Waals surface area (Å²) in [6, 6.07) is 0. The van der Waals surface area contributed by atoms with E-state index < -0.39 is 0 Å². The zero-order chi connectivity index (χ0) is 10.5. The Morgan fingerprint density at radius 2 is 1.77 bits per heavy atom. The molecular formula is C10H22N2O. The van der Waals surface area contributed by atoms with Gasteiger partial charge in [0.05, 0.1) is 5.41 Å². The van der Waals surface area contributed by atoms with E-state index in [1.165, 1.54) is 0 Å². The quantitative estimate of drug-likeness (QED) is 0.702. The van der Waals surface area contributed by atoms with Crippen LogP contribution in [-0.2, 0) is 4.79 Å². The Kier molecular flexibility index (Phi) is 4.99. The maximum Gasteiger partial charge on any atom is 0.229 e. The van der Waals surface area contributed by atoms with E-state index >= 15 is 0 Å². The number of carbonyl (C=O) groups is 1. The Labute approximate surface area is 81.3 Å². The number of amides is 1. The highest BCUT2D eigenvalue weighted by Crippen LogP contribution is 2.26. The molecule has 0 aliphatic rings. The molecule has 3 nitrogen and oxygen atoms in total. The molecule has 0 unspecified atom stereocenters. The maximum atomic E-state index is 11.9. The summed E-state index contributed by atoms with van der Waals surface area (Å²) >= 11 is 0.